The van der Waals surface area contributed by atoms with Gasteiger partial charge in [0.15, 0.2) is 11.5 Å². The molecule has 1 aliphatic heterocycles. The third-order valence-corrected chi connectivity index (χ3v) is 3.55. The Morgan fingerprint density at radius 3 is 2.52 bits per heavy atom. The second-order valence-corrected chi connectivity index (χ2v) is 5.24. The van der Waals surface area contributed by atoms with E-state index in [0.29, 0.717) is 24.8 Å². The predicted molar refractivity (Wildman–Crippen MR) is 82.3 cm³/mol. The van der Waals surface area contributed by atoms with Crippen molar-refractivity contribution in [2.45, 2.75) is 6.10 Å². The summed E-state index contributed by atoms with van der Waals surface area (Å²) in [5.74, 6) is 1.48. The number of hydrogen-bond donors (Lipinski definition) is 2. The Balaban J connectivity index is 1.63. The van der Waals surface area contributed by atoms with Crippen LogP contribution in [-0.2, 0) is 0 Å². The van der Waals surface area contributed by atoms with E-state index in [1.165, 1.54) is 0 Å². The van der Waals surface area contributed by atoms with Gasteiger partial charge in [-0.15, -0.1) is 0 Å². The lowest BCUT2D eigenvalue weighted by atomic mass is 10.1. The molecular formula is C16H16ClNO3. The molecule has 0 aliphatic carbocycles. The zero-order chi connectivity index (χ0) is 14.7. The summed E-state index contributed by atoms with van der Waals surface area (Å²) >= 11 is 5.83. The Hall–Kier alpha value is -1.91. The highest BCUT2D eigenvalue weighted by Crippen LogP contribution is 2.32. The molecule has 3 rings (SSSR count). The molecule has 4 nitrogen and oxygen atoms in total. The lowest BCUT2D eigenvalue weighted by Crippen LogP contribution is -2.16. The molecule has 1 aliphatic rings. The average Bonchev–Trinajstić information content (AvgIpc) is 2.53. The minimum Gasteiger partial charge on any atom is -0.486 e. The number of rotatable bonds is 4. The molecule has 0 fully saturated rings. The van der Waals surface area contributed by atoms with Gasteiger partial charge in [0.1, 0.15) is 13.2 Å². The second kappa shape index (κ2) is 6.24. The zero-order valence-electron chi connectivity index (χ0n) is 11.4. The molecule has 110 valence electrons. The summed E-state index contributed by atoms with van der Waals surface area (Å²) in [5.41, 5.74) is 1.71. The molecule has 2 aromatic rings. The molecule has 1 heterocycles. The van der Waals surface area contributed by atoms with Crippen LogP contribution in [0, 0.1) is 0 Å². The number of benzene rings is 2. The van der Waals surface area contributed by atoms with Crippen LogP contribution in [0.3, 0.4) is 0 Å². The van der Waals surface area contributed by atoms with Gasteiger partial charge < -0.3 is 19.9 Å². The molecule has 2 aromatic carbocycles. The van der Waals surface area contributed by atoms with Crippen LogP contribution in [0.25, 0.3) is 0 Å². The quantitative estimate of drug-likeness (QED) is 0.910. The van der Waals surface area contributed by atoms with Crippen LogP contribution in [0.15, 0.2) is 42.5 Å². The Kier molecular flexibility index (Phi) is 4.18. The van der Waals surface area contributed by atoms with Gasteiger partial charge in [0.2, 0.25) is 0 Å². The molecule has 0 saturated heterocycles. The van der Waals surface area contributed by atoms with Crippen molar-refractivity contribution in [1.82, 2.24) is 0 Å². The van der Waals surface area contributed by atoms with Crippen molar-refractivity contribution in [2.75, 3.05) is 25.1 Å². The van der Waals surface area contributed by atoms with E-state index < -0.39 is 6.10 Å². The van der Waals surface area contributed by atoms with Crippen LogP contribution in [0.2, 0.25) is 5.02 Å². The molecule has 21 heavy (non-hydrogen) atoms. The molecule has 0 bridgehead atoms. The van der Waals surface area contributed by atoms with Crippen LogP contribution in [0.5, 0.6) is 11.5 Å². The van der Waals surface area contributed by atoms with E-state index in [2.05, 4.69) is 5.32 Å². The SMILES string of the molecule is OC(CNc1ccc2c(c1)OCCO2)c1ccc(Cl)cc1. The van der Waals surface area contributed by atoms with Crippen LogP contribution < -0.4 is 14.8 Å². The topological polar surface area (TPSA) is 50.7 Å². The molecule has 2 N–H and O–H groups in total. The number of nitrogens with one attached hydrogen (secondary N) is 1. The van der Waals surface area contributed by atoms with E-state index in [1.54, 1.807) is 12.1 Å². The number of ether oxygens (including phenoxy) is 2. The highest BCUT2D eigenvalue weighted by molar-refractivity contribution is 6.30. The van der Waals surface area contributed by atoms with E-state index >= 15 is 0 Å². The summed E-state index contributed by atoms with van der Waals surface area (Å²) in [6, 6.07) is 12.8. The number of aliphatic hydroxyl groups is 1. The van der Waals surface area contributed by atoms with E-state index in [-0.39, 0.29) is 0 Å². The maximum absolute atomic E-state index is 10.1. The largest absolute Gasteiger partial charge is 0.486 e. The Labute approximate surface area is 128 Å². The summed E-state index contributed by atoms with van der Waals surface area (Å²) in [7, 11) is 0. The van der Waals surface area contributed by atoms with Gasteiger partial charge in [-0.3, -0.25) is 0 Å². The third kappa shape index (κ3) is 3.40. The van der Waals surface area contributed by atoms with E-state index in [1.807, 2.05) is 30.3 Å². The lowest BCUT2D eigenvalue weighted by Gasteiger charge is -2.20. The Morgan fingerprint density at radius 1 is 1.05 bits per heavy atom. The number of hydrogen-bond acceptors (Lipinski definition) is 4. The number of aliphatic hydroxyl groups excluding tert-OH is 1. The predicted octanol–water partition coefficient (Wildman–Crippen LogP) is 3.26. The molecule has 0 saturated carbocycles. The van der Waals surface area contributed by atoms with Crippen molar-refractivity contribution in [3.05, 3.63) is 53.1 Å². The molecule has 1 unspecified atom stereocenters. The van der Waals surface area contributed by atoms with Gasteiger partial charge in [-0.2, -0.15) is 0 Å². The van der Waals surface area contributed by atoms with Crippen LogP contribution in [0.1, 0.15) is 11.7 Å². The zero-order valence-corrected chi connectivity index (χ0v) is 12.1. The van der Waals surface area contributed by atoms with Crippen LogP contribution in [0.4, 0.5) is 5.69 Å². The monoisotopic (exact) mass is 305 g/mol. The molecular weight excluding hydrogens is 290 g/mol. The Morgan fingerprint density at radius 2 is 1.76 bits per heavy atom. The summed E-state index contributed by atoms with van der Waals surface area (Å²) < 4.78 is 11.0. The van der Waals surface area contributed by atoms with Crippen molar-refractivity contribution in [3.63, 3.8) is 0 Å². The summed E-state index contributed by atoms with van der Waals surface area (Å²) in [4.78, 5) is 0. The fourth-order valence-electron chi connectivity index (χ4n) is 2.17. The summed E-state index contributed by atoms with van der Waals surface area (Å²) in [6.07, 6.45) is -0.601. The van der Waals surface area contributed by atoms with E-state index in [4.69, 9.17) is 21.1 Å². The third-order valence-electron chi connectivity index (χ3n) is 3.30. The summed E-state index contributed by atoms with van der Waals surface area (Å²) in [5, 5.41) is 14.0. The second-order valence-electron chi connectivity index (χ2n) is 4.81. The van der Waals surface area contributed by atoms with Crippen molar-refractivity contribution in [1.29, 1.82) is 0 Å². The van der Waals surface area contributed by atoms with Gasteiger partial charge in [0.25, 0.3) is 0 Å². The number of halogens is 1. The maximum atomic E-state index is 10.1. The first-order valence-electron chi connectivity index (χ1n) is 6.79. The first kappa shape index (κ1) is 14.0. The average molecular weight is 306 g/mol. The molecule has 5 heteroatoms. The van der Waals surface area contributed by atoms with Crippen molar-refractivity contribution >= 4 is 17.3 Å². The smallest absolute Gasteiger partial charge is 0.163 e. The number of anilines is 1. The van der Waals surface area contributed by atoms with Gasteiger partial charge in [0.05, 0.1) is 6.10 Å². The first-order chi connectivity index (χ1) is 10.2. The fraction of sp³-hybridized carbons (Fsp3) is 0.250. The maximum Gasteiger partial charge on any atom is 0.163 e. The molecule has 0 spiro atoms. The van der Waals surface area contributed by atoms with E-state index in [9.17, 15) is 5.11 Å². The Bertz CT molecular complexity index is 615. The van der Waals surface area contributed by atoms with Gasteiger partial charge in [0, 0.05) is 23.3 Å². The normalized spacial score (nSPS) is 14.6. The molecule has 0 aromatic heterocycles. The van der Waals surface area contributed by atoms with Crippen LogP contribution >= 0.6 is 11.6 Å². The van der Waals surface area contributed by atoms with Crippen molar-refractivity contribution < 1.29 is 14.6 Å². The van der Waals surface area contributed by atoms with Gasteiger partial charge >= 0.3 is 0 Å². The molecule has 1 atom stereocenters. The number of fused-ring (bicyclic) bond motifs is 1. The minimum atomic E-state index is -0.601. The van der Waals surface area contributed by atoms with Gasteiger partial charge in [-0.1, -0.05) is 23.7 Å². The minimum absolute atomic E-state index is 0.404. The van der Waals surface area contributed by atoms with E-state index in [0.717, 1.165) is 22.7 Å². The first-order valence-corrected chi connectivity index (χ1v) is 7.17. The van der Waals surface area contributed by atoms with Crippen molar-refractivity contribution in [2.24, 2.45) is 0 Å². The summed E-state index contributed by atoms with van der Waals surface area (Å²) in [6.45, 7) is 1.54. The van der Waals surface area contributed by atoms with Gasteiger partial charge in [-0.25, -0.2) is 0 Å². The molecule has 0 radical (unpaired) electrons. The lowest BCUT2D eigenvalue weighted by molar-refractivity contribution is 0.171. The standard InChI is InChI=1S/C16H16ClNO3/c17-12-3-1-11(2-4-12)14(19)10-18-13-5-6-15-16(9-13)21-8-7-20-15/h1-6,9,14,18-19H,7-8,10H2. The van der Waals surface area contributed by atoms with Crippen LogP contribution in [-0.4, -0.2) is 24.9 Å². The molecule has 0 amide bonds. The highest BCUT2D eigenvalue weighted by Gasteiger charge is 2.12. The highest BCUT2D eigenvalue weighted by atomic mass is 35.5. The van der Waals surface area contributed by atoms with Crippen molar-refractivity contribution in [3.8, 4) is 11.5 Å². The fourth-order valence-corrected chi connectivity index (χ4v) is 2.30. The van der Waals surface area contributed by atoms with Gasteiger partial charge in [-0.05, 0) is 29.8 Å².